The number of halogens is 2. The Kier molecular flexibility index (Phi) is 4.60. The minimum Gasteiger partial charge on any atom is -0.377 e. The molecule has 0 heterocycles. The van der Waals surface area contributed by atoms with Crippen LogP contribution in [0.15, 0.2) is 18.2 Å². The third-order valence-electron chi connectivity index (χ3n) is 4.51. The fraction of sp³-hybridized carbons (Fsp3) is 0.625. The first-order valence-corrected chi connectivity index (χ1v) is 7.67. The second-order valence-electron chi connectivity index (χ2n) is 6.75. The number of benzene rings is 1. The van der Waals surface area contributed by atoms with Crippen LogP contribution in [-0.4, -0.2) is 12.1 Å². The molecule has 0 aromatic heterocycles. The minimum absolute atomic E-state index is 0.175. The molecule has 1 fully saturated rings. The summed E-state index contributed by atoms with van der Waals surface area (Å²) in [6.07, 6.45) is 5.44. The minimum atomic E-state index is -0.280. The Morgan fingerprint density at radius 3 is 2.70 bits per heavy atom. The molecule has 1 aromatic rings. The van der Waals surface area contributed by atoms with E-state index in [-0.39, 0.29) is 11.4 Å². The van der Waals surface area contributed by atoms with Crippen molar-refractivity contribution in [1.82, 2.24) is 0 Å². The largest absolute Gasteiger partial charge is 0.377 e. The SMILES string of the molecule is CC1(C)CCCC(CN)(Nc2cc(F)ccc2Cl)CC1. The molecule has 112 valence electrons. The van der Waals surface area contributed by atoms with Crippen molar-refractivity contribution in [3.8, 4) is 0 Å². The number of hydrogen-bond acceptors (Lipinski definition) is 2. The van der Waals surface area contributed by atoms with Gasteiger partial charge in [0, 0.05) is 12.1 Å². The van der Waals surface area contributed by atoms with Gasteiger partial charge in [-0.25, -0.2) is 4.39 Å². The summed E-state index contributed by atoms with van der Waals surface area (Å²) in [5.41, 5.74) is 6.86. The molecule has 1 saturated carbocycles. The highest BCUT2D eigenvalue weighted by molar-refractivity contribution is 6.33. The first-order chi connectivity index (χ1) is 9.36. The van der Waals surface area contributed by atoms with E-state index < -0.39 is 0 Å². The van der Waals surface area contributed by atoms with Crippen LogP contribution in [0.4, 0.5) is 10.1 Å². The normalized spacial score (nSPS) is 26.1. The van der Waals surface area contributed by atoms with Gasteiger partial charge in [-0.2, -0.15) is 0 Å². The second-order valence-corrected chi connectivity index (χ2v) is 7.16. The summed E-state index contributed by atoms with van der Waals surface area (Å²) >= 11 is 6.16. The van der Waals surface area contributed by atoms with Crippen LogP contribution in [0, 0.1) is 11.2 Å². The van der Waals surface area contributed by atoms with Crippen LogP contribution in [0.2, 0.25) is 5.02 Å². The van der Waals surface area contributed by atoms with Gasteiger partial charge in [-0.15, -0.1) is 0 Å². The predicted molar refractivity (Wildman–Crippen MR) is 83.7 cm³/mol. The number of nitrogens with one attached hydrogen (secondary N) is 1. The maximum Gasteiger partial charge on any atom is 0.125 e. The van der Waals surface area contributed by atoms with Crippen LogP contribution >= 0.6 is 11.6 Å². The molecule has 1 aromatic carbocycles. The third kappa shape index (κ3) is 3.64. The van der Waals surface area contributed by atoms with Gasteiger partial charge in [0.25, 0.3) is 0 Å². The van der Waals surface area contributed by atoms with Gasteiger partial charge >= 0.3 is 0 Å². The van der Waals surface area contributed by atoms with Crippen LogP contribution in [-0.2, 0) is 0 Å². The van der Waals surface area contributed by atoms with E-state index in [2.05, 4.69) is 19.2 Å². The number of hydrogen-bond donors (Lipinski definition) is 2. The van der Waals surface area contributed by atoms with Gasteiger partial charge in [0.15, 0.2) is 0 Å². The van der Waals surface area contributed by atoms with Crippen LogP contribution in [0.3, 0.4) is 0 Å². The topological polar surface area (TPSA) is 38.0 Å². The maximum absolute atomic E-state index is 13.4. The van der Waals surface area contributed by atoms with E-state index >= 15 is 0 Å². The summed E-state index contributed by atoms with van der Waals surface area (Å²) in [4.78, 5) is 0. The fourth-order valence-corrected chi connectivity index (χ4v) is 3.16. The zero-order valence-corrected chi connectivity index (χ0v) is 13.1. The predicted octanol–water partition coefficient (Wildman–Crippen LogP) is 4.58. The van der Waals surface area contributed by atoms with Crippen molar-refractivity contribution in [2.24, 2.45) is 11.1 Å². The van der Waals surface area contributed by atoms with Gasteiger partial charge in [0.2, 0.25) is 0 Å². The summed E-state index contributed by atoms with van der Waals surface area (Å²) in [5, 5.41) is 3.98. The molecule has 4 heteroatoms. The van der Waals surface area contributed by atoms with Gasteiger partial charge in [0.05, 0.1) is 10.7 Å². The molecule has 0 spiro atoms. The van der Waals surface area contributed by atoms with Gasteiger partial charge in [-0.3, -0.25) is 0 Å². The number of rotatable bonds is 3. The molecule has 0 bridgehead atoms. The van der Waals surface area contributed by atoms with E-state index in [9.17, 15) is 4.39 Å². The lowest BCUT2D eigenvalue weighted by Gasteiger charge is -2.35. The monoisotopic (exact) mass is 298 g/mol. The van der Waals surface area contributed by atoms with Crippen LogP contribution in [0.5, 0.6) is 0 Å². The van der Waals surface area contributed by atoms with E-state index in [0.717, 1.165) is 25.7 Å². The van der Waals surface area contributed by atoms with E-state index in [4.69, 9.17) is 17.3 Å². The molecule has 1 aliphatic carbocycles. The highest BCUT2D eigenvalue weighted by atomic mass is 35.5. The maximum atomic E-state index is 13.4. The molecule has 1 aliphatic rings. The Balaban J connectivity index is 2.21. The molecule has 0 saturated heterocycles. The number of anilines is 1. The van der Waals surface area contributed by atoms with Crippen molar-refractivity contribution in [1.29, 1.82) is 0 Å². The standard InChI is InChI=1S/C16H24ClFN2/c1-15(2)6-3-7-16(11-19,9-8-15)20-14-10-12(18)4-5-13(14)17/h4-5,10,20H,3,6-9,11,19H2,1-2H3. The molecular weight excluding hydrogens is 275 g/mol. The summed E-state index contributed by atoms with van der Waals surface area (Å²) in [5.74, 6) is -0.280. The van der Waals surface area contributed by atoms with E-state index in [0.29, 0.717) is 22.7 Å². The van der Waals surface area contributed by atoms with Crippen molar-refractivity contribution < 1.29 is 4.39 Å². The molecule has 0 amide bonds. The van der Waals surface area contributed by atoms with Gasteiger partial charge in [-0.1, -0.05) is 31.9 Å². The summed E-state index contributed by atoms with van der Waals surface area (Å²) in [6, 6.07) is 4.42. The molecule has 0 aliphatic heterocycles. The van der Waals surface area contributed by atoms with Crippen LogP contribution in [0.25, 0.3) is 0 Å². The van der Waals surface area contributed by atoms with Gasteiger partial charge in [-0.05, 0) is 49.3 Å². The Labute approximate surface area is 125 Å². The van der Waals surface area contributed by atoms with Crippen molar-refractivity contribution >= 4 is 17.3 Å². The van der Waals surface area contributed by atoms with E-state index in [1.807, 2.05) is 0 Å². The first kappa shape index (κ1) is 15.6. The fourth-order valence-electron chi connectivity index (χ4n) is 2.99. The van der Waals surface area contributed by atoms with E-state index in [1.54, 1.807) is 6.07 Å². The van der Waals surface area contributed by atoms with Crippen molar-refractivity contribution in [3.63, 3.8) is 0 Å². The van der Waals surface area contributed by atoms with Crippen LogP contribution in [0.1, 0.15) is 46.0 Å². The lowest BCUT2D eigenvalue weighted by molar-refractivity contribution is 0.305. The summed E-state index contributed by atoms with van der Waals surface area (Å²) in [6.45, 7) is 5.14. The highest BCUT2D eigenvalue weighted by Crippen LogP contribution is 2.40. The zero-order valence-electron chi connectivity index (χ0n) is 12.3. The van der Waals surface area contributed by atoms with Crippen molar-refractivity contribution in [2.75, 3.05) is 11.9 Å². The average Bonchev–Trinajstić information content (AvgIpc) is 2.54. The summed E-state index contributed by atoms with van der Waals surface area (Å²) < 4.78 is 13.4. The summed E-state index contributed by atoms with van der Waals surface area (Å²) in [7, 11) is 0. The Morgan fingerprint density at radius 1 is 1.25 bits per heavy atom. The lowest BCUT2D eigenvalue weighted by Crippen LogP contribution is -2.45. The lowest BCUT2D eigenvalue weighted by atomic mass is 9.83. The first-order valence-electron chi connectivity index (χ1n) is 7.29. The van der Waals surface area contributed by atoms with Gasteiger partial charge in [0.1, 0.15) is 5.82 Å². The smallest absolute Gasteiger partial charge is 0.125 e. The van der Waals surface area contributed by atoms with Crippen molar-refractivity contribution in [2.45, 2.75) is 51.5 Å². The number of nitrogens with two attached hydrogens (primary N) is 1. The molecule has 0 radical (unpaired) electrons. The second kappa shape index (κ2) is 5.90. The Hall–Kier alpha value is -0.800. The Morgan fingerprint density at radius 2 is 2.00 bits per heavy atom. The van der Waals surface area contributed by atoms with Crippen molar-refractivity contribution in [3.05, 3.63) is 29.0 Å². The quantitative estimate of drug-likeness (QED) is 0.802. The molecular formula is C16H24ClFN2. The zero-order chi connectivity index (χ0) is 14.8. The molecule has 20 heavy (non-hydrogen) atoms. The Bertz CT molecular complexity index is 476. The molecule has 2 nitrogen and oxygen atoms in total. The highest BCUT2D eigenvalue weighted by Gasteiger charge is 2.34. The average molecular weight is 299 g/mol. The molecule has 1 atom stereocenters. The molecule has 3 N–H and O–H groups in total. The van der Waals surface area contributed by atoms with E-state index in [1.165, 1.54) is 18.6 Å². The van der Waals surface area contributed by atoms with Crippen LogP contribution < -0.4 is 11.1 Å². The van der Waals surface area contributed by atoms with Gasteiger partial charge < -0.3 is 11.1 Å². The molecule has 1 unspecified atom stereocenters. The third-order valence-corrected chi connectivity index (χ3v) is 4.84. The molecule has 2 rings (SSSR count).